The standard InChI is InChI=1S/C28H23N3O4S/c1-31(25-12-3-2-4-13-25)36(33,34)27-15-6-10-23(17-27)28(32)30-24-11-7-14-26(18-24)35-20-22-9-5-8-21(16-22)19-29/h2-18H,20H2,1H3,(H,30,32). The highest BCUT2D eigenvalue weighted by atomic mass is 32.2. The molecule has 0 aliphatic carbocycles. The van der Waals surface area contributed by atoms with Crippen LogP contribution in [-0.4, -0.2) is 21.4 Å². The number of anilines is 2. The Hall–Kier alpha value is -4.61. The van der Waals surface area contributed by atoms with Crippen molar-refractivity contribution in [3.05, 3.63) is 120 Å². The van der Waals surface area contributed by atoms with Crippen LogP contribution in [0.3, 0.4) is 0 Å². The third kappa shape index (κ3) is 5.71. The monoisotopic (exact) mass is 497 g/mol. The number of nitrogens with one attached hydrogen (secondary N) is 1. The van der Waals surface area contributed by atoms with E-state index in [1.807, 2.05) is 6.07 Å². The van der Waals surface area contributed by atoms with Gasteiger partial charge in [-0.25, -0.2) is 8.42 Å². The molecule has 0 aliphatic rings. The lowest BCUT2D eigenvalue weighted by molar-refractivity contribution is 0.102. The second-order valence-corrected chi connectivity index (χ2v) is 9.89. The number of para-hydroxylation sites is 1. The summed E-state index contributed by atoms with van der Waals surface area (Å²) in [5.74, 6) is 0.0873. The zero-order chi connectivity index (χ0) is 25.5. The van der Waals surface area contributed by atoms with Crippen molar-refractivity contribution in [2.75, 3.05) is 16.7 Å². The molecule has 0 spiro atoms. The molecule has 8 heteroatoms. The van der Waals surface area contributed by atoms with E-state index in [1.165, 1.54) is 29.6 Å². The number of ether oxygens (including phenoxy) is 1. The second-order valence-electron chi connectivity index (χ2n) is 7.92. The van der Waals surface area contributed by atoms with Gasteiger partial charge >= 0.3 is 0 Å². The summed E-state index contributed by atoms with van der Waals surface area (Å²) < 4.78 is 33.2. The lowest BCUT2D eigenvalue weighted by Crippen LogP contribution is -2.26. The van der Waals surface area contributed by atoms with Crippen molar-refractivity contribution in [3.63, 3.8) is 0 Å². The molecule has 7 nitrogen and oxygen atoms in total. The Morgan fingerprint density at radius 1 is 0.917 bits per heavy atom. The molecule has 0 aliphatic heterocycles. The number of benzene rings is 4. The Morgan fingerprint density at radius 3 is 2.44 bits per heavy atom. The Morgan fingerprint density at radius 2 is 1.67 bits per heavy atom. The van der Waals surface area contributed by atoms with Crippen molar-refractivity contribution < 1.29 is 17.9 Å². The fourth-order valence-electron chi connectivity index (χ4n) is 3.50. The fraction of sp³-hybridized carbons (Fsp3) is 0.0714. The molecule has 4 aromatic rings. The molecule has 4 aromatic carbocycles. The number of hydrogen-bond donors (Lipinski definition) is 1. The molecule has 36 heavy (non-hydrogen) atoms. The van der Waals surface area contributed by atoms with Gasteiger partial charge in [0.2, 0.25) is 0 Å². The van der Waals surface area contributed by atoms with Crippen molar-refractivity contribution in [2.45, 2.75) is 11.5 Å². The van der Waals surface area contributed by atoms with Gasteiger partial charge in [0.25, 0.3) is 15.9 Å². The van der Waals surface area contributed by atoms with Crippen LogP contribution in [0.25, 0.3) is 0 Å². The van der Waals surface area contributed by atoms with E-state index in [4.69, 9.17) is 10.00 Å². The van der Waals surface area contributed by atoms with Gasteiger partial charge in [-0.3, -0.25) is 9.10 Å². The van der Waals surface area contributed by atoms with Gasteiger partial charge in [-0.1, -0.05) is 42.5 Å². The van der Waals surface area contributed by atoms with Crippen molar-refractivity contribution in [1.29, 1.82) is 5.26 Å². The van der Waals surface area contributed by atoms with Crippen LogP contribution in [0.1, 0.15) is 21.5 Å². The van der Waals surface area contributed by atoms with Crippen LogP contribution in [-0.2, 0) is 16.6 Å². The minimum Gasteiger partial charge on any atom is -0.489 e. The lowest BCUT2D eigenvalue weighted by Gasteiger charge is -2.19. The number of hydrogen-bond acceptors (Lipinski definition) is 5. The normalized spacial score (nSPS) is 10.8. The molecule has 1 amide bonds. The molecule has 0 unspecified atom stereocenters. The molecule has 4 rings (SSSR count). The largest absolute Gasteiger partial charge is 0.489 e. The van der Waals surface area contributed by atoms with E-state index in [0.29, 0.717) is 22.7 Å². The zero-order valence-electron chi connectivity index (χ0n) is 19.5. The molecule has 180 valence electrons. The van der Waals surface area contributed by atoms with E-state index in [9.17, 15) is 13.2 Å². The summed E-state index contributed by atoms with van der Waals surface area (Å²) in [6.07, 6.45) is 0. The van der Waals surface area contributed by atoms with E-state index >= 15 is 0 Å². The molecule has 0 saturated carbocycles. The van der Waals surface area contributed by atoms with E-state index in [0.717, 1.165) is 5.56 Å². The number of rotatable bonds is 8. The maximum Gasteiger partial charge on any atom is 0.264 e. The van der Waals surface area contributed by atoms with Gasteiger partial charge in [0.1, 0.15) is 12.4 Å². The number of carbonyl (C=O) groups is 1. The highest BCUT2D eigenvalue weighted by molar-refractivity contribution is 7.92. The highest BCUT2D eigenvalue weighted by Gasteiger charge is 2.22. The predicted octanol–water partition coefficient (Wildman–Crippen LogP) is 5.21. The van der Waals surface area contributed by atoms with Gasteiger partial charge in [0, 0.05) is 24.4 Å². The van der Waals surface area contributed by atoms with Crippen LogP contribution in [0, 0.1) is 11.3 Å². The molecular formula is C28H23N3O4S. The summed E-state index contributed by atoms with van der Waals surface area (Å²) >= 11 is 0. The van der Waals surface area contributed by atoms with Gasteiger partial charge in [0.05, 0.1) is 22.2 Å². The van der Waals surface area contributed by atoms with Gasteiger partial charge < -0.3 is 10.1 Å². The van der Waals surface area contributed by atoms with Gasteiger partial charge in [0.15, 0.2) is 0 Å². The van der Waals surface area contributed by atoms with Gasteiger partial charge in [-0.2, -0.15) is 5.26 Å². The van der Waals surface area contributed by atoms with Crippen LogP contribution >= 0.6 is 0 Å². The third-order valence-corrected chi connectivity index (χ3v) is 7.21. The average molecular weight is 498 g/mol. The number of amides is 1. The predicted molar refractivity (Wildman–Crippen MR) is 138 cm³/mol. The lowest BCUT2D eigenvalue weighted by atomic mass is 10.1. The first kappa shape index (κ1) is 24.5. The second kappa shape index (κ2) is 10.8. The summed E-state index contributed by atoms with van der Waals surface area (Å²) in [6, 6.07) is 30.7. The van der Waals surface area contributed by atoms with Crippen LogP contribution < -0.4 is 14.4 Å². The van der Waals surface area contributed by atoms with E-state index < -0.39 is 15.9 Å². The molecular weight excluding hydrogens is 474 g/mol. The van der Waals surface area contributed by atoms with Crippen LogP contribution in [0.4, 0.5) is 11.4 Å². The third-order valence-electron chi connectivity index (χ3n) is 5.43. The minimum atomic E-state index is -3.85. The number of carbonyl (C=O) groups excluding carboxylic acids is 1. The first-order valence-electron chi connectivity index (χ1n) is 11.0. The molecule has 0 aromatic heterocycles. The summed E-state index contributed by atoms with van der Waals surface area (Å²) in [7, 11) is -2.38. The SMILES string of the molecule is CN(c1ccccc1)S(=O)(=O)c1cccc(C(=O)Nc2cccc(OCc3cccc(C#N)c3)c2)c1. The molecule has 0 saturated heterocycles. The quantitative estimate of drug-likeness (QED) is 0.360. The van der Waals surface area contributed by atoms with Crippen molar-refractivity contribution in [1.82, 2.24) is 0 Å². The Balaban J connectivity index is 1.46. The van der Waals surface area contributed by atoms with Crippen LogP contribution in [0.15, 0.2) is 108 Å². The topological polar surface area (TPSA) is 99.5 Å². The number of nitriles is 1. The smallest absolute Gasteiger partial charge is 0.264 e. The molecule has 0 fully saturated rings. The fourth-order valence-corrected chi connectivity index (χ4v) is 4.74. The molecule has 0 atom stereocenters. The highest BCUT2D eigenvalue weighted by Crippen LogP contribution is 2.24. The molecule has 0 heterocycles. The van der Waals surface area contributed by atoms with Crippen molar-refractivity contribution >= 4 is 27.3 Å². The number of nitrogens with zero attached hydrogens (tertiary/aromatic N) is 2. The first-order valence-corrected chi connectivity index (χ1v) is 12.5. The maximum absolute atomic E-state index is 13.1. The first-order chi connectivity index (χ1) is 17.4. The van der Waals surface area contributed by atoms with Crippen LogP contribution in [0.2, 0.25) is 0 Å². The summed E-state index contributed by atoms with van der Waals surface area (Å²) in [5, 5.41) is 11.8. The Labute approximate surface area is 210 Å². The van der Waals surface area contributed by atoms with Crippen LogP contribution in [0.5, 0.6) is 5.75 Å². The van der Waals surface area contributed by atoms with E-state index in [-0.39, 0.29) is 17.1 Å². The molecule has 0 radical (unpaired) electrons. The van der Waals surface area contributed by atoms with Gasteiger partial charge in [-0.05, 0) is 60.2 Å². The number of sulfonamides is 1. The minimum absolute atomic E-state index is 0.0122. The van der Waals surface area contributed by atoms with E-state index in [2.05, 4.69) is 11.4 Å². The summed E-state index contributed by atoms with van der Waals surface area (Å²) in [4.78, 5) is 12.9. The zero-order valence-corrected chi connectivity index (χ0v) is 20.3. The van der Waals surface area contributed by atoms with Crippen molar-refractivity contribution in [2.24, 2.45) is 0 Å². The van der Waals surface area contributed by atoms with Crippen molar-refractivity contribution in [3.8, 4) is 11.8 Å². The maximum atomic E-state index is 13.1. The summed E-state index contributed by atoms with van der Waals surface area (Å²) in [6.45, 7) is 0.266. The average Bonchev–Trinajstić information content (AvgIpc) is 2.92. The molecule has 0 bridgehead atoms. The van der Waals surface area contributed by atoms with Gasteiger partial charge in [-0.15, -0.1) is 0 Å². The Bertz CT molecular complexity index is 1530. The summed E-state index contributed by atoms with van der Waals surface area (Å²) in [5.41, 5.74) is 2.62. The van der Waals surface area contributed by atoms with E-state index in [1.54, 1.807) is 78.9 Å². The molecule has 1 N–H and O–H groups in total. The Kier molecular flexibility index (Phi) is 7.33.